The van der Waals surface area contributed by atoms with E-state index in [9.17, 15) is 8.42 Å². The summed E-state index contributed by atoms with van der Waals surface area (Å²) < 4.78 is 27.7. The molecule has 0 atom stereocenters. The van der Waals surface area contributed by atoms with Crippen LogP contribution in [0.15, 0.2) is 34.7 Å². The summed E-state index contributed by atoms with van der Waals surface area (Å²) in [7, 11) is -3.57. The Morgan fingerprint density at radius 1 is 1.20 bits per heavy atom. The zero-order chi connectivity index (χ0) is 15.0. The molecule has 0 unspecified atom stereocenters. The van der Waals surface area contributed by atoms with Gasteiger partial charge in [-0.05, 0) is 51.0 Å². The number of sulfonamides is 1. The summed E-state index contributed by atoms with van der Waals surface area (Å²) in [6, 6.07) is 5.14. The van der Waals surface area contributed by atoms with Crippen LogP contribution >= 0.6 is 11.3 Å². The highest BCUT2D eigenvalue weighted by Gasteiger charge is 2.30. The summed E-state index contributed by atoms with van der Waals surface area (Å²) in [6.45, 7) is 7.48. The van der Waals surface area contributed by atoms with Crippen molar-refractivity contribution in [3.05, 3.63) is 45.9 Å². The number of hydrogen-bond donors (Lipinski definition) is 1. The Hall–Kier alpha value is -1.24. The van der Waals surface area contributed by atoms with E-state index in [4.69, 9.17) is 0 Å². The summed E-state index contributed by atoms with van der Waals surface area (Å²) in [5.41, 5.74) is 1.30. The summed E-state index contributed by atoms with van der Waals surface area (Å²) >= 11 is 1.43. The van der Waals surface area contributed by atoms with Crippen LogP contribution in [-0.2, 0) is 15.6 Å². The van der Waals surface area contributed by atoms with Crippen LogP contribution in [0.5, 0.6) is 0 Å². The van der Waals surface area contributed by atoms with Crippen LogP contribution < -0.4 is 4.72 Å². The minimum Gasteiger partial charge on any atom is -0.248 e. The first kappa shape index (κ1) is 15.2. The van der Waals surface area contributed by atoms with Crippen molar-refractivity contribution in [2.45, 2.75) is 38.1 Å². The Bertz CT molecular complexity index is 705. The molecular weight excluding hydrogens is 292 g/mol. The topological polar surface area (TPSA) is 59.1 Å². The number of aromatic nitrogens is 1. The fraction of sp³-hybridized carbons (Fsp3) is 0.357. The molecule has 0 bridgehead atoms. The number of nitrogens with zero attached hydrogens (tertiary/aromatic N) is 1. The molecule has 0 fully saturated rings. The maximum Gasteiger partial charge on any atom is 0.241 e. The van der Waals surface area contributed by atoms with Crippen LogP contribution in [-0.4, -0.2) is 13.4 Å². The van der Waals surface area contributed by atoms with Crippen molar-refractivity contribution in [3.63, 3.8) is 0 Å². The van der Waals surface area contributed by atoms with Crippen LogP contribution in [0.3, 0.4) is 0 Å². The molecular formula is C14H18N2O2S2. The van der Waals surface area contributed by atoms with Gasteiger partial charge in [0.1, 0.15) is 5.01 Å². The molecule has 0 aliphatic carbocycles. The number of thiazole rings is 1. The third kappa shape index (κ3) is 3.08. The van der Waals surface area contributed by atoms with Crippen molar-refractivity contribution in [2.24, 2.45) is 0 Å². The lowest BCUT2D eigenvalue weighted by Crippen LogP contribution is -2.40. The molecule has 6 heteroatoms. The molecule has 4 nitrogen and oxygen atoms in total. The Balaban J connectivity index is 2.34. The van der Waals surface area contributed by atoms with Gasteiger partial charge in [0, 0.05) is 11.6 Å². The Morgan fingerprint density at radius 2 is 1.90 bits per heavy atom. The van der Waals surface area contributed by atoms with E-state index in [-0.39, 0.29) is 4.90 Å². The first-order chi connectivity index (χ1) is 9.22. The number of rotatable bonds is 4. The fourth-order valence-electron chi connectivity index (χ4n) is 1.85. The monoisotopic (exact) mass is 310 g/mol. The van der Waals surface area contributed by atoms with Gasteiger partial charge in [-0.1, -0.05) is 6.07 Å². The SMILES string of the molecule is Cc1ccc(S(=O)(=O)NC(C)(C)c2nccs2)cc1C. The van der Waals surface area contributed by atoms with Crippen LogP contribution in [0.25, 0.3) is 0 Å². The van der Waals surface area contributed by atoms with Crippen LogP contribution in [0, 0.1) is 13.8 Å². The maximum absolute atomic E-state index is 12.5. The molecule has 1 heterocycles. The van der Waals surface area contributed by atoms with Crippen LogP contribution in [0.1, 0.15) is 30.0 Å². The Morgan fingerprint density at radius 3 is 2.45 bits per heavy atom. The van der Waals surface area contributed by atoms with Gasteiger partial charge >= 0.3 is 0 Å². The second-order valence-corrected chi connectivity index (χ2v) is 7.89. The summed E-state index contributed by atoms with van der Waals surface area (Å²) in [5, 5.41) is 2.58. The van der Waals surface area contributed by atoms with Gasteiger partial charge in [0.05, 0.1) is 10.4 Å². The molecule has 1 aromatic heterocycles. The van der Waals surface area contributed by atoms with Gasteiger partial charge in [-0.25, -0.2) is 13.4 Å². The van der Waals surface area contributed by atoms with Crippen LogP contribution in [0.2, 0.25) is 0 Å². The smallest absolute Gasteiger partial charge is 0.241 e. The largest absolute Gasteiger partial charge is 0.248 e. The molecule has 20 heavy (non-hydrogen) atoms. The van der Waals surface area contributed by atoms with E-state index in [1.54, 1.807) is 18.3 Å². The lowest BCUT2D eigenvalue weighted by atomic mass is 10.1. The summed E-state index contributed by atoms with van der Waals surface area (Å²) in [5.74, 6) is 0. The van der Waals surface area contributed by atoms with E-state index >= 15 is 0 Å². The number of aryl methyl sites for hydroxylation is 2. The van der Waals surface area contributed by atoms with Crippen molar-refractivity contribution in [2.75, 3.05) is 0 Å². The molecule has 0 aliphatic rings. The quantitative estimate of drug-likeness (QED) is 0.944. The predicted octanol–water partition coefficient (Wildman–Crippen LogP) is 2.97. The number of nitrogens with one attached hydrogen (secondary N) is 1. The Labute approximate surface area is 123 Å². The maximum atomic E-state index is 12.5. The predicted molar refractivity (Wildman–Crippen MR) is 81.4 cm³/mol. The normalized spacial score (nSPS) is 12.6. The first-order valence-corrected chi connectivity index (χ1v) is 8.60. The van der Waals surface area contributed by atoms with E-state index in [2.05, 4.69) is 9.71 Å². The molecule has 0 amide bonds. The van der Waals surface area contributed by atoms with Crippen molar-refractivity contribution in [1.29, 1.82) is 0 Å². The first-order valence-electron chi connectivity index (χ1n) is 6.23. The van der Waals surface area contributed by atoms with Gasteiger partial charge in [0.2, 0.25) is 10.0 Å². The molecule has 0 radical (unpaired) electrons. The average molecular weight is 310 g/mol. The number of hydrogen-bond acceptors (Lipinski definition) is 4. The van der Waals surface area contributed by atoms with Crippen molar-refractivity contribution < 1.29 is 8.42 Å². The molecule has 0 saturated carbocycles. The zero-order valence-electron chi connectivity index (χ0n) is 12.0. The van der Waals surface area contributed by atoms with E-state index < -0.39 is 15.6 Å². The van der Waals surface area contributed by atoms with Gasteiger partial charge in [0.25, 0.3) is 0 Å². The standard InChI is InChI=1S/C14H18N2O2S2/c1-10-5-6-12(9-11(10)2)20(17,18)16-14(3,4)13-15-7-8-19-13/h5-9,16H,1-4H3. The lowest BCUT2D eigenvalue weighted by molar-refractivity contribution is 0.470. The summed E-state index contributed by atoms with van der Waals surface area (Å²) in [6.07, 6.45) is 1.67. The fourth-order valence-corrected chi connectivity index (χ4v) is 4.10. The third-order valence-corrected chi connectivity index (χ3v) is 5.90. The van der Waals surface area contributed by atoms with E-state index in [1.807, 2.05) is 39.1 Å². The molecule has 2 rings (SSSR count). The second kappa shape index (κ2) is 5.27. The molecule has 0 spiro atoms. The average Bonchev–Trinajstić information content (AvgIpc) is 2.85. The highest BCUT2D eigenvalue weighted by Crippen LogP contribution is 2.25. The van der Waals surface area contributed by atoms with Gasteiger partial charge in [-0.15, -0.1) is 11.3 Å². The molecule has 1 aromatic carbocycles. The molecule has 108 valence electrons. The van der Waals surface area contributed by atoms with Gasteiger partial charge < -0.3 is 0 Å². The van der Waals surface area contributed by atoms with E-state index in [0.717, 1.165) is 16.1 Å². The highest BCUT2D eigenvalue weighted by atomic mass is 32.2. The van der Waals surface area contributed by atoms with Crippen molar-refractivity contribution in [1.82, 2.24) is 9.71 Å². The molecule has 2 aromatic rings. The Kier molecular flexibility index (Phi) is 4.00. The minimum absolute atomic E-state index is 0.283. The molecule has 0 saturated heterocycles. The number of benzene rings is 1. The lowest BCUT2D eigenvalue weighted by Gasteiger charge is -2.23. The van der Waals surface area contributed by atoms with Gasteiger partial charge in [-0.3, -0.25) is 0 Å². The molecule has 1 N–H and O–H groups in total. The minimum atomic E-state index is -3.57. The van der Waals surface area contributed by atoms with E-state index in [0.29, 0.717) is 0 Å². The van der Waals surface area contributed by atoms with Gasteiger partial charge in [0.15, 0.2) is 0 Å². The van der Waals surface area contributed by atoms with E-state index in [1.165, 1.54) is 11.3 Å². The zero-order valence-corrected chi connectivity index (χ0v) is 13.6. The van der Waals surface area contributed by atoms with Crippen molar-refractivity contribution in [3.8, 4) is 0 Å². The van der Waals surface area contributed by atoms with Crippen molar-refractivity contribution >= 4 is 21.4 Å². The van der Waals surface area contributed by atoms with Gasteiger partial charge in [-0.2, -0.15) is 4.72 Å². The molecule has 0 aliphatic heterocycles. The summed E-state index contributed by atoms with van der Waals surface area (Å²) in [4.78, 5) is 4.47. The second-order valence-electron chi connectivity index (χ2n) is 5.31. The highest BCUT2D eigenvalue weighted by molar-refractivity contribution is 7.89. The third-order valence-electron chi connectivity index (χ3n) is 3.15. The van der Waals surface area contributed by atoms with Crippen LogP contribution in [0.4, 0.5) is 0 Å².